The predicted octanol–water partition coefficient (Wildman–Crippen LogP) is 1.65. The van der Waals surface area contributed by atoms with E-state index >= 15 is 0 Å². The Morgan fingerprint density at radius 3 is 2.80 bits per heavy atom. The van der Waals surface area contributed by atoms with E-state index in [0.717, 1.165) is 5.84 Å². The molecule has 6 nitrogen and oxygen atoms in total. The molecule has 0 saturated carbocycles. The number of carbonyl (C=O) groups excluding carboxylic acids is 1. The van der Waals surface area contributed by atoms with Crippen LogP contribution in [0.2, 0.25) is 0 Å². The van der Waals surface area contributed by atoms with Crippen molar-refractivity contribution < 1.29 is 14.3 Å². The van der Waals surface area contributed by atoms with Crippen LogP contribution in [-0.2, 0) is 9.47 Å². The summed E-state index contributed by atoms with van der Waals surface area (Å²) in [7, 11) is 0. The van der Waals surface area contributed by atoms with Gasteiger partial charge in [-0.3, -0.25) is 9.89 Å². The maximum atomic E-state index is 12.0. The summed E-state index contributed by atoms with van der Waals surface area (Å²) >= 11 is 0. The molecule has 0 radical (unpaired) electrons. The van der Waals surface area contributed by atoms with Gasteiger partial charge in [0.15, 0.2) is 0 Å². The summed E-state index contributed by atoms with van der Waals surface area (Å²) < 4.78 is 10.8. The number of rotatable bonds is 4. The summed E-state index contributed by atoms with van der Waals surface area (Å²) in [6, 6.07) is 0. The average molecular weight is 285 g/mol. The van der Waals surface area contributed by atoms with Gasteiger partial charge >= 0.3 is 6.09 Å². The van der Waals surface area contributed by atoms with Crippen molar-refractivity contribution in [2.45, 2.75) is 46.3 Å². The van der Waals surface area contributed by atoms with Crippen molar-refractivity contribution >= 4 is 11.9 Å². The molecule has 1 heterocycles. The van der Waals surface area contributed by atoms with Crippen LogP contribution in [0.4, 0.5) is 4.79 Å². The van der Waals surface area contributed by atoms with Crippen LogP contribution in [-0.4, -0.2) is 61.3 Å². The number of hydrogen-bond donors (Lipinski definition) is 1. The van der Waals surface area contributed by atoms with Crippen LogP contribution in [0, 0.1) is 0 Å². The summed E-state index contributed by atoms with van der Waals surface area (Å²) in [5.41, 5.74) is -0.469. The molecule has 1 aliphatic heterocycles. The summed E-state index contributed by atoms with van der Waals surface area (Å²) in [4.78, 5) is 18.1. The van der Waals surface area contributed by atoms with Crippen molar-refractivity contribution in [3.8, 4) is 0 Å². The Bertz CT molecular complexity index is 350. The highest BCUT2D eigenvalue weighted by Crippen LogP contribution is 2.10. The molecule has 1 atom stereocenters. The highest BCUT2D eigenvalue weighted by atomic mass is 16.6. The Kier molecular flexibility index (Phi) is 6.26. The lowest BCUT2D eigenvalue weighted by Crippen LogP contribution is -2.48. The lowest BCUT2D eigenvalue weighted by molar-refractivity contribution is 0.0275. The third kappa shape index (κ3) is 6.23. The lowest BCUT2D eigenvalue weighted by atomic mass is 10.2. The Morgan fingerprint density at radius 2 is 2.20 bits per heavy atom. The maximum Gasteiger partial charge on any atom is 0.410 e. The van der Waals surface area contributed by atoms with E-state index in [1.807, 2.05) is 34.6 Å². The zero-order chi connectivity index (χ0) is 15.2. The minimum atomic E-state index is -0.469. The molecule has 0 fully saturated rings. The molecule has 0 aromatic carbocycles. The monoisotopic (exact) mass is 285 g/mol. The molecule has 1 aliphatic rings. The number of nitrogens with one attached hydrogen (secondary N) is 1. The molecular weight excluding hydrogens is 258 g/mol. The number of ether oxygens (including phenoxy) is 2. The fraction of sp³-hybridized carbons (Fsp3) is 0.857. The second-order valence-electron chi connectivity index (χ2n) is 5.88. The Balaban J connectivity index is 2.42. The van der Waals surface area contributed by atoms with Crippen LogP contribution in [0.3, 0.4) is 0 Å². The first kappa shape index (κ1) is 16.8. The molecular formula is C14H27N3O3. The van der Waals surface area contributed by atoms with Crippen molar-refractivity contribution in [3.05, 3.63) is 0 Å². The van der Waals surface area contributed by atoms with E-state index in [9.17, 15) is 4.79 Å². The molecule has 0 aliphatic carbocycles. The number of aliphatic imine (C=N–C) groups is 1. The first-order valence-corrected chi connectivity index (χ1v) is 7.18. The summed E-state index contributed by atoms with van der Waals surface area (Å²) in [6.07, 6.45) is -0.163. The highest BCUT2D eigenvalue weighted by molar-refractivity contribution is 5.87. The molecule has 1 N–H and O–H groups in total. The molecule has 116 valence electrons. The first-order valence-electron chi connectivity index (χ1n) is 7.18. The van der Waals surface area contributed by atoms with Crippen LogP contribution in [0.5, 0.6) is 0 Å². The van der Waals surface area contributed by atoms with Crippen molar-refractivity contribution in [2.24, 2.45) is 4.99 Å². The van der Waals surface area contributed by atoms with Gasteiger partial charge in [-0.2, -0.15) is 0 Å². The summed E-state index contributed by atoms with van der Waals surface area (Å²) in [5.74, 6) is 0.814. The van der Waals surface area contributed by atoms with Gasteiger partial charge in [-0.1, -0.05) is 0 Å². The highest BCUT2D eigenvalue weighted by Gasteiger charge is 2.24. The molecule has 0 spiro atoms. The zero-order valence-electron chi connectivity index (χ0n) is 13.2. The number of hydrogen-bond acceptors (Lipinski definition) is 5. The number of amidine groups is 1. The topological polar surface area (TPSA) is 63.2 Å². The third-order valence-electron chi connectivity index (χ3n) is 2.71. The van der Waals surface area contributed by atoms with E-state index in [4.69, 9.17) is 9.47 Å². The Labute approximate surface area is 121 Å². The molecule has 1 amide bonds. The number of amides is 1. The van der Waals surface area contributed by atoms with Crippen LogP contribution < -0.4 is 5.32 Å². The van der Waals surface area contributed by atoms with E-state index in [1.54, 1.807) is 4.90 Å². The Hall–Kier alpha value is -1.30. The second kappa shape index (κ2) is 7.47. The molecule has 1 rings (SSSR count). The fourth-order valence-electron chi connectivity index (χ4n) is 1.81. The van der Waals surface area contributed by atoms with Gasteiger partial charge in [0.25, 0.3) is 0 Å². The van der Waals surface area contributed by atoms with Crippen LogP contribution in [0.15, 0.2) is 4.99 Å². The smallest absolute Gasteiger partial charge is 0.410 e. The van der Waals surface area contributed by atoms with E-state index in [2.05, 4.69) is 10.3 Å². The fourth-order valence-corrected chi connectivity index (χ4v) is 1.81. The van der Waals surface area contributed by atoms with Gasteiger partial charge in [0.1, 0.15) is 11.4 Å². The lowest BCUT2D eigenvalue weighted by Gasteiger charge is -2.30. The van der Waals surface area contributed by atoms with Crippen LogP contribution >= 0.6 is 0 Å². The molecule has 20 heavy (non-hydrogen) atoms. The SMILES string of the molecule is CCOC(C)CNC1=NCCN(C(=O)OC(C)(C)C)C1. The van der Waals surface area contributed by atoms with E-state index < -0.39 is 5.60 Å². The van der Waals surface area contributed by atoms with Crippen molar-refractivity contribution in [2.75, 3.05) is 32.8 Å². The molecule has 0 aromatic heterocycles. The standard InChI is InChI=1S/C14H27N3O3/c1-6-19-11(2)9-16-12-10-17(8-7-15-12)13(18)20-14(3,4)5/h11H,6-10H2,1-5H3,(H,15,16). The minimum Gasteiger partial charge on any atom is -0.444 e. The van der Waals surface area contributed by atoms with Crippen LogP contribution in [0.1, 0.15) is 34.6 Å². The first-order chi connectivity index (χ1) is 9.31. The molecule has 0 bridgehead atoms. The van der Waals surface area contributed by atoms with E-state index in [-0.39, 0.29) is 12.2 Å². The normalized spacial score (nSPS) is 17.4. The maximum absolute atomic E-state index is 12.0. The molecule has 0 saturated heterocycles. The van der Waals surface area contributed by atoms with Crippen LogP contribution in [0.25, 0.3) is 0 Å². The van der Waals surface area contributed by atoms with Gasteiger partial charge in [-0.25, -0.2) is 4.79 Å². The summed E-state index contributed by atoms with van der Waals surface area (Å²) in [5, 5.41) is 3.23. The van der Waals surface area contributed by atoms with Gasteiger partial charge in [0.2, 0.25) is 0 Å². The van der Waals surface area contributed by atoms with Gasteiger partial charge in [0.05, 0.1) is 19.2 Å². The average Bonchev–Trinajstić information content (AvgIpc) is 2.35. The van der Waals surface area contributed by atoms with Gasteiger partial charge in [-0.15, -0.1) is 0 Å². The minimum absolute atomic E-state index is 0.125. The molecule has 0 aromatic rings. The number of carbonyl (C=O) groups is 1. The summed E-state index contributed by atoms with van der Waals surface area (Å²) in [6.45, 7) is 12.6. The van der Waals surface area contributed by atoms with Gasteiger partial charge in [-0.05, 0) is 34.6 Å². The second-order valence-corrected chi connectivity index (χ2v) is 5.88. The van der Waals surface area contributed by atoms with Gasteiger partial charge < -0.3 is 14.8 Å². The third-order valence-corrected chi connectivity index (χ3v) is 2.71. The molecule has 1 unspecified atom stereocenters. The van der Waals surface area contributed by atoms with Gasteiger partial charge in [0, 0.05) is 19.7 Å². The largest absolute Gasteiger partial charge is 0.444 e. The van der Waals surface area contributed by atoms with E-state index in [1.165, 1.54) is 0 Å². The number of nitrogens with zero attached hydrogens (tertiary/aromatic N) is 2. The van der Waals surface area contributed by atoms with Crippen molar-refractivity contribution in [1.82, 2.24) is 10.2 Å². The van der Waals surface area contributed by atoms with E-state index in [0.29, 0.717) is 32.8 Å². The predicted molar refractivity (Wildman–Crippen MR) is 79.2 cm³/mol. The van der Waals surface area contributed by atoms with Crippen molar-refractivity contribution in [1.29, 1.82) is 0 Å². The molecule has 6 heteroatoms. The Morgan fingerprint density at radius 1 is 1.50 bits per heavy atom. The zero-order valence-corrected chi connectivity index (χ0v) is 13.2. The van der Waals surface area contributed by atoms with Crippen molar-refractivity contribution in [3.63, 3.8) is 0 Å². The quantitative estimate of drug-likeness (QED) is 0.853.